The summed E-state index contributed by atoms with van der Waals surface area (Å²) in [6, 6.07) is 76.5. The van der Waals surface area contributed by atoms with Gasteiger partial charge in [-0.05, 0) is 95.9 Å². The predicted octanol–water partition coefficient (Wildman–Crippen LogP) is 16.5. The molecule has 0 aliphatic heterocycles. The molecule has 0 N–H and O–H groups in total. The maximum atomic E-state index is 7.21. The Morgan fingerprint density at radius 3 is 1.57 bits per heavy atom. The van der Waals surface area contributed by atoms with Gasteiger partial charge < -0.3 is 13.6 Å². The first-order valence-electron chi connectivity index (χ1n) is 29.6. The molecule has 13 nitrogen and oxygen atoms in total. The highest BCUT2D eigenvalue weighted by molar-refractivity contribution is 6.14. The Morgan fingerprint density at radius 2 is 0.932 bits per heavy atom. The topological polar surface area (TPSA) is 128 Å². The number of para-hydroxylation sites is 2. The van der Waals surface area contributed by atoms with E-state index >= 15 is 0 Å². The smallest absolute Gasteiger partial charge is 0.181 e. The molecule has 2 aliphatic rings. The summed E-state index contributed by atoms with van der Waals surface area (Å²) in [5.74, 6) is 4.90. The fraction of sp³-hybridized carbons (Fsp3) is 0.0800. The lowest BCUT2D eigenvalue weighted by Gasteiger charge is -2.18. The van der Waals surface area contributed by atoms with E-state index in [2.05, 4.69) is 178 Å². The van der Waals surface area contributed by atoms with E-state index in [1.54, 1.807) is 0 Å². The highest BCUT2D eigenvalue weighted by atomic mass is 16.3. The van der Waals surface area contributed by atoms with Gasteiger partial charge in [0.05, 0.1) is 27.7 Å². The van der Waals surface area contributed by atoms with Gasteiger partial charge in [0, 0.05) is 117 Å². The van der Waals surface area contributed by atoms with Crippen molar-refractivity contribution in [3.63, 3.8) is 0 Å². The average Bonchev–Trinajstić information content (AvgIpc) is 1.54. The van der Waals surface area contributed by atoms with E-state index in [0.717, 1.165) is 146 Å². The molecule has 0 amide bonds. The van der Waals surface area contributed by atoms with Gasteiger partial charge in [0.15, 0.2) is 29.1 Å². The summed E-state index contributed by atoms with van der Waals surface area (Å²) in [4.78, 5) is 20.0. The van der Waals surface area contributed by atoms with Crippen LogP contribution in [0.2, 0.25) is 0 Å². The summed E-state index contributed by atoms with van der Waals surface area (Å²) in [7, 11) is 5.93. The van der Waals surface area contributed by atoms with Crippen LogP contribution >= 0.6 is 0 Å². The number of pyridine rings is 1. The molecule has 7 aromatic heterocycles. The highest BCUT2D eigenvalue weighted by Gasteiger charge is 2.60. The zero-order valence-corrected chi connectivity index (χ0v) is 48.2. The van der Waals surface area contributed by atoms with Crippen molar-refractivity contribution in [3.8, 4) is 90.6 Å². The molecule has 18 rings (SSSR count). The molecule has 1 fully saturated rings. The van der Waals surface area contributed by atoms with Crippen molar-refractivity contribution in [1.29, 1.82) is 0 Å². The van der Waals surface area contributed by atoms with Gasteiger partial charge in [0.1, 0.15) is 17.0 Å². The number of furan rings is 1. The molecule has 2 aliphatic carbocycles. The summed E-state index contributed by atoms with van der Waals surface area (Å²) < 4.78 is 17.7. The van der Waals surface area contributed by atoms with Crippen molar-refractivity contribution in [2.24, 2.45) is 21.1 Å². The Kier molecular flexibility index (Phi) is 10.7. The third-order valence-electron chi connectivity index (χ3n) is 18.2. The maximum absolute atomic E-state index is 7.21. The zero-order valence-electron chi connectivity index (χ0n) is 48.2. The van der Waals surface area contributed by atoms with Crippen LogP contribution in [-0.2, 0) is 26.6 Å². The molecule has 13 heteroatoms. The van der Waals surface area contributed by atoms with Crippen LogP contribution < -0.4 is 0 Å². The summed E-state index contributed by atoms with van der Waals surface area (Å²) in [5.41, 5.74) is 18.2. The molecule has 0 spiro atoms. The Morgan fingerprint density at radius 1 is 0.420 bits per heavy atom. The molecule has 9 aromatic carbocycles. The number of hydrogen-bond donors (Lipinski definition) is 0. The van der Waals surface area contributed by atoms with Crippen molar-refractivity contribution < 1.29 is 4.42 Å². The van der Waals surface area contributed by atoms with Crippen LogP contribution in [0.4, 0.5) is 0 Å². The summed E-state index contributed by atoms with van der Waals surface area (Å²) in [6.07, 6.45) is 9.56. The van der Waals surface area contributed by atoms with Crippen molar-refractivity contribution in [3.05, 3.63) is 254 Å². The third kappa shape index (κ3) is 7.56. The number of fused-ring (bicyclic) bond motifs is 11. The molecule has 16 aromatic rings. The third-order valence-corrected chi connectivity index (χ3v) is 18.2. The van der Waals surface area contributed by atoms with Crippen LogP contribution in [0.25, 0.3) is 151 Å². The molecule has 0 radical (unpaired) electrons. The van der Waals surface area contributed by atoms with Gasteiger partial charge >= 0.3 is 0 Å². The molecule has 2 atom stereocenters. The second-order valence-electron chi connectivity index (χ2n) is 23.3. The van der Waals surface area contributed by atoms with Crippen LogP contribution in [0.15, 0.2) is 241 Å². The molecule has 0 saturated heterocycles. The molecular weight excluding hydrogens is 1080 g/mol. The van der Waals surface area contributed by atoms with E-state index < -0.39 is 0 Å². The van der Waals surface area contributed by atoms with Gasteiger partial charge in [0.2, 0.25) is 0 Å². The molecule has 88 heavy (non-hydrogen) atoms. The Labute approximate surface area is 504 Å². The lowest BCUT2D eigenvalue weighted by molar-refractivity contribution is 0.642. The number of aromatic nitrogens is 12. The average molecular weight is 1140 g/mol. The van der Waals surface area contributed by atoms with E-state index in [4.69, 9.17) is 34.7 Å². The SMILES string of the molecule is Cn1nc(-c2ccc3c(c2)c2cc(-c4nc(-c5ccccc5)nn4C)ccc2n3-c2cccc(-c3cccc4c3oc3c(-c5cccc(-n6c7c(c8cnccc86)C6CC6(c6nc(-c8ccccc8)nn6C)C=C7)c5)cccc34)c2)nc1-c1ccccc1. The van der Waals surface area contributed by atoms with Crippen LogP contribution in [-0.4, -0.2) is 58.4 Å². The molecule has 2 unspecified atom stereocenters. The number of benzene rings is 9. The first kappa shape index (κ1) is 49.8. The van der Waals surface area contributed by atoms with E-state index in [0.29, 0.717) is 11.6 Å². The zero-order chi connectivity index (χ0) is 58.4. The Balaban J connectivity index is 0.730. The van der Waals surface area contributed by atoms with E-state index in [-0.39, 0.29) is 11.3 Å². The monoisotopic (exact) mass is 1140 g/mol. The minimum atomic E-state index is -0.239. The molecule has 418 valence electrons. The lowest BCUT2D eigenvalue weighted by Crippen LogP contribution is -2.16. The number of hydrogen-bond acceptors (Lipinski definition) is 8. The predicted molar refractivity (Wildman–Crippen MR) is 349 cm³/mol. The van der Waals surface area contributed by atoms with Gasteiger partial charge in [-0.3, -0.25) is 9.67 Å². The minimum absolute atomic E-state index is 0.239. The van der Waals surface area contributed by atoms with Gasteiger partial charge in [-0.1, -0.05) is 158 Å². The fourth-order valence-corrected chi connectivity index (χ4v) is 14.0. The fourth-order valence-electron chi connectivity index (χ4n) is 14.0. The lowest BCUT2D eigenvalue weighted by atomic mass is 9.91. The second kappa shape index (κ2) is 19.0. The van der Waals surface area contributed by atoms with Crippen LogP contribution in [0, 0.1) is 0 Å². The van der Waals surface area contributed by atoms with Crippen molar-refractivity contribution in [2.45, 2.75) is 17.8 Å². The standard InChI is InChI=1S/C75H52N12O/c1-83-72(47-21-11-6-12-22-47)78-71(81-83)50-31-33-62-58(41-50)59-42-51(73-77-69(80-84(73)2)45-17-7-4-8-18-45)32-34-63(59)86(62)52-25-13-23-48(39-52)54-27-15-29-56-57-30-16-28-55(68(57)88-67(54)56)49-24-14-26-53(40-49)87-64-36-38-76-44-60(64)66-61-43-75(61,37-35-65(66)87)74-79-70(82-85(74)3)46-19-9-5-10-20-46/h4-42,44,61H,43H2,1-3H3. The largest absolute Gasteiger partial charge is 0.455 e. The van der Waals surface area contributed by atoms with Crippen molar-refractivity contribution in [1.82, 2.24) is 58.4 Å². The minimum Gasteiger partial charge on any atom is -0.455 e. The molecule has 7 heterocycles. The first-order chi connectivity index (χ1) is 43.3. The van der Waals surface area contributed by atoms with Gasteiger partial charge in [-0.2, -0.15) is 15.3 Å². The Hall–Kier alpha value is -11.6. The highest BCUT2D eigenvalue weighted by Crippen LogP contribution is 2.65. The first-order valence-corrected chi connectivity index (χ1v) is 29.6. The summed E-state index contributed by atoms with van der Waals surface area (Å²) in [6.45, 7) is 0. The van der Waals surface area contributed by atoms with E-state index in [9.17, 15) is 0 Å². The van der Waals surface area contributed by atoms with E-state index in [1.807, 2.05) is 114 Å². The molecular formula is C75H52N12O. The number of allylic oxidation sites excluding steroid dienone is 1. The van der Waals surface area contributed by atoms with Gasteiger partial charge in [0.25, 0.3) is 0 Å². The maximum Gasteiger partial charge on any atom is 0.181 e. The normalized spacial score (nSPS) is 15.3. The van der Waals surface area contributed by atoms with Gasteiger partial charge in [-0.25, -0.2) is 24.3 Å². The van der Waals surface area contributed by atoms with Crippen molar-refractivity contribution >= 4 is 60.7 Å². The second-order valence-corrected chi connectivity index (χ2v) is 23.3. The van der Waals surface area contributed by atoms with Crippen LogP contribution in [0.3, 0.4) is 0 Å². The van der Waals surface area contributed by atoms with E-state index in [1.165, 1.54) is 11.3 Å². The number of rotatable bonds is 10. The number of nitrogens with zero attached hydrogens (tertiary/aromatic N) is 12. The number of aryl methyl sites for hydroxylation is 3. The Bertz CT molecular complexity index is 5550. The van der Waals surface area contributed by atoms with Gasteiger partial charge in [-0.15, -0.1) is 0 Å². The van der Waals surface area contributed by atoms with Crippen LogP contribution in [0.1, 0.15) is 29.4 Å². The summed E-state index contributed by atoms with van der Waals surface area (Å²) >= 11 is 0. The summed E-state index contributed by atoms with van der Waals surface area (Å²) in [5, 5.41) is 20.1. The quantitative estimate of drug-likeness (QED) is 0.132. The van der Waals surface area contributed by atoms with Crippen LogP contribution in [0.5, 0.6) is 0 Å². The van der Waals surface area contributed by atoms with Crippen molar-refractivity contribution in [2.75, 3.05) is 0 Å². The molecule has 1 saturated carbocycles. The molecule has 0 bridgehead atoms.